The van der Waals surface area contributed by atoms with Crippen LogP contribution in [0.2, 0.25) is 0 Å². The first kappa shape index (κ1) is 17.7. The van der Waals surface area contributed by atoms with Crippen molar-refractivity contribution in [2.75, 3.05) is 4.90 Å². The molecule has 2 aromatic rings. The Morgan fingerprint density at radius 2 is 1.73 bits per heavy atom. The lowest BCUT2D eigenvalue weighted by Gasteiger charge is -2.28. The molecule has 0 spiro atoms. The number of ketones is 1. The average molecular weight is 351 g/mol. The number of hydrogen-bond acceptors (Lipinski definition) is 4. The highest BCUT2D eigenvalue weighted by atomic mass is 16.3. The normalized spacial score (nSPS) is 17.1. The third kappa shape index (κ3) is 2.86. The van der Waals surface area contributed by atoms with Crippen LogP contribution in [0.4, 0.5) is 5.69 Å². The summed E-state index contributed by atoms with van der Waals surface area (Å²) in [7, 11) is 0. The zero-order chi connectivity index (χ0) is 19.0. The van der Waals surface area contributed by atoms with Gasteiger partial charge in [-0.25, -0.2) is 0 Å². The van der Waals surface area contributed by atoms with Crippen molar-refractivity contribution >= 4 is 17.4 Å². The van der Waals surface area contributed by atoms with Crippen LogP contribution >= 0.6 is 0 Å². The molecule has 1 aliphatic heterocycles. The molecule has 1 atom stereocenters. The molecule has 1 amide bonds. The Morgan fingerprint density at radius 3 is 2.31 bits per heavy atom. The smallest absolute Gasteiger partial charge is 0.294 e. The van der Waals surface area contributed by atoms with Crippen LogP contribution in [-0.2, 0) is 9.59 Å². The number of carbonyl (C=O) groups excluding carboxylic acids is 2. The number of rotatable bonds is 4. The van der Waals surface area contributed by atoms with Gasteiger partial charge in [0.2, 0.25) is 0 Å². The maximum Gasteiger partial charge on any atom is 0.294 e. The van der Waals surface area contributed by atoms with Gasteiger partial charge in [-0.05, 0) is 43.2 Å². The number of hydrogen-bond donors (Lipinski definition) is 2. The molecule has 1 aliphatic rings. The molecule has 1 unspecified atom stereocenters. The Balaban J connectivity index is 2.20. The molecule has 5 heteroatoms. The van der Waals surface area contributed by atoms with Crippen molar-refractivity contribution in [3.05, 3.63) is 70.5 Å². The second kappa shape index (κ2) is 6.67. The van der Waals surface area contributed by atoms with Gasteiger partial charge in [-0.15, -0.1) is 0 Å². The van der Waals surface area contributed by atoms with E-state index < -0.39 is 17.7 Å². The summed E-state index contributed by atoms with van der Waals surface area (Å²) in [6.45, 7) is 5.54. The maximum absolute atomic E-state index is 12.8. The van der Waals surface area contributed by atoms with E-state index >= 15 is 0 Å². The second-order valence-electron chi connectivity index (χ2n) is 6.50. The molecule has 3 rings (SSSR count). The summed E-state index contributed by atoms with van der Waals surface area (Å²) in [5, 5.41) is 20.0. The Hall–Kier alpha value is -3.08. The van der Waals surface area contributed by atoms with Gasteiger partial charge in [0.25, 0.3) is 5.91 Å². The predicted molar refractivity (Wildman–Crippen MR) is 99.2 cm³/mol. The minimum absolute atomic E-state index is 0.0905. The van der Waals surface area contributed by atoms with Gasteiger partial charge in [0, 0.05) is 12.1 Å². The summed E-state index contributed by atoms with van der Waals surface area (Å²) in [5.74, 6) is -1.28. The van der Waals surface area contributed by atoms with Crippen LogP contribution in [0.1, 0.15) is 36.1 Å². The van der Waals surface area contributed by atoms with E-state index in [4.69, 9.17) is 0 Å². The first-order valence-electron chi connectivity index (χ1n) is 8.51. The molecule has 0 bridgehead atoms. The molecule has 0 radical (unpaired) electrons. The van der Waals surface area contributed by atoms with E-state index in [1.165, 1.54) is 17.0 Å². The molecule has 0 saturated heterocycles. The van der Waals surface area contributed by atoms with Gasteiger partial charge in [0.15, 0.2) is 11.5 Å². The quantitative estimate of drug-likeness (QED) is 0.876. The monoisotopic (exact) mass is 351 g/mol. The minimum atomic E-state index is -0.725. The predicted octanol–water partition coefficient (Wildman–Crippen LogP) is 3.89. The summed E-state index contributed by atoms with van der Waals surface area (Å²) < 4.78 is 0. The van der Waals surface area contributed by atoms with Gasteiger partial charge >= 0.3 is 0 Å². The van der Waals surface area contributed by atoms with Crippen LogP contribution in [0, 0.1) is 13.8 Å². The van der Waals surface area contributed by atoms with Crippen molar-refractivity contribution < 1.29 is 19.8 Å². The van der Waals surface area contributed by atoms with E-state index in [9.17, 15) is 19.8 Å². The van der Waals surface area contributed by atoms with Crippen molar-refractivity contribution in [2.24, 2.45) is 0 Å². The number of phenols is 1. The van der Waals surface area contributed by atoms with E-state index in [1.54, 1.807) is 19.1 Å². The molecule has 26 heavy (non-hydrogen) atoms. The Morgan fingerprint density at radius 1 is 1.08 bits per heavy atom. The van der Waals surface area contributed by atoms with Crippen molar-refractivity contribution in [1.82, 2.24) is 0 Å². The highest BCUT2D eigenvalue weighted by Crippen LogP contribution is 2.42. The van der Waals surface area contributed by atoms with Crippen LogP contribution in [0.3, 0.4) is 0 Å². The Kier molecular flexibility index (Phi) is 4.55. The molecule has 0 fully saturated rings. The first-order chi connectivity index (χ1) is 12.3. The van der Waals surface area contributed by atoms with Crippen molar-refractivity contribution in [3.8, 4) is 5.75 Å². The zero-order valence-electron chi connectivity index (χ0n) is 15.0. The van der Waals surface area contributed by atoms with Gasteiger partial charge in [-0.3, -0.25) is 14.5 Å². The Bertz CT molecular complexity index is 912. The number of carbonyl (C=O) groups is 2. The fourth-order valence-electron chi connectivity index (χ4n) is 3.38. The summed E-state index contributed by atoms with van der Waals surface area (Å²) in [4.78, 5) is 26.8. The van der Waals surface area contributed by atoms with Gasteiger partial charge in [-0.1, -0.05) is 36.8 Å². The van der Waals surface area contributed by atoms with Gasteiger partial charge in [0.1, 0.15) is 5.75 Å². The Labute approximate surface area is 152 Å². The summed E-state index contributed by atoms with van der Waals surface area (Å²) in [6.07, 6.45) is 0.183. The van der Waals surface area contributed by atoms with Crippen molar-refractivity contribution in [3.63, 3.8) is 0 Å². The molecular formula is C21H21NO4. The van der Waals surface area contributed by atoms with E-state index in [2.05, 4.69) is 0 Å². The molecule has 1 heterocycles. The number of amides is 1. The highest BCUT2D eigenvalue weighted by molar-refractivity contribution is 6.16. The van der Waals surface area contributed by atoms with Crippen LogP contribution in [0.15, 0.2) is 53.8 Å². The van der Waals surface area contributed by atoms with Crippen LogP contribution in [0.25, 0.3) is 0 Å². The number of anilines is 1. The standard InChI is InChI=1S/C21H21NO4/c1-4-17(24)18-19(14-6-8-15(23)9-7-14)22(21(26)20(18)25)16-10-5-12(2)11-13(16)3/h5-11,19,23,25H,4H2,1-3H3. The van der Waals surface area contributed by atoms with Crippen LogP contribution < -0.4 is 4.90 Å². The number of aliphatic hydroxyl groups excluding tert-OH is 1. The molecule has 0 aliphatic carbocycles. The third-order valence-electron chi connectivity index (χ3n) is 4.65. The third-order valence-corrected chi connectivity index (χ3v) is 4.65. The van der Waals surface area contributed by atoms with Gasteiger partial charge in [0.05, 0.1) is 11.6 Å². The van der Waals surface area contributed by atoms with E-state index in [0.717, 1.165) is 11.1 Å². The number of benzene rings is 2. The van der Waals surface area contributed by atoms with Crippen molar-refractivity contribution in [2.45, 2.75) is 33.2 Å². The molecule has 0 saturated carbocycles. The lowest BCUT2D eigenvalue weighted by Crippen LogP contribution is -2.31. The van der Waals surface area contributed by atoms with E-state index in [-0.39, 0.29) is 23.5 Å². The molecule has 134 valence electrons. The maximum atomic E-state index is 12.8. The summed E-state index contributed by atoms with van der Waals surface area (Å²) in [5.41, 5.74) is 3.32. The minimum Gasteiger partial charge on any atom is -0.508 e. The summed E-state index contributed by atoms with van der Waals surface area (Å²) >= 11 is 0. The number of phenolic OH excluding ortho intramolecular Hbond substituents is 1. The fourth-order valence-corrected chi connectivity index (χ4v) is 3.38. The van der Waals surface area contributed by atoms with Crippen LogP contribution in [0.5, 0.6) is 5.75 Å². The summed E-state index contributed by atoms with van der Waals surface area (Å²) in [6, 6.07) is 11.3. The lowest BCUT2D eigenvalue weighted by atomic mass is 9.94. The van der Waals surface area contributed by atoms with E-state index in [1.807, 2.05) is 32.0 Å². The topological polar surface area (TPSA) is 77.8 Å². The second-order valence-corrected chi connectivity index (χ2v) is 6.50. The lowest BCUT2D eigenvalue weighted by molar-refractivity contribution is -0.118. The molecule has 2 aromatic carbocycles. The number of Topliss-reactive ketones (excluding diaryl/α,β-unsaturated/α-hetero) is 1. The molecule has 2 N–H and O–H groups in total. The average Bonchev–Trinajstić information content (AvgIpc) is 2.87. The highest BCUT2D eigenvalue weighted by Gasteiger charge is 2.44. The van der Waals surface area contributed by atoms with E-state index in [0.29, 0.717) is 11.3 Å². The fraction of sp³-hybridized carbons (Fsp3) is 0.238. The number of aliphatic hydroxyl groups is 1. The largest absolute Gasteiger partial charge is 0.508 e. The zero-order valence-corrected chi connectivity index (χ0v) is 15.0. The van der Waals surface area contributed by atoms with Gasteiger partial charge in [-0.2, -0.15) is 0 Å². The SMILES string of the molecule is CCC(=O)C1=C(O)C(=O)N(c2ccc(C)cc2C)C1c1ccc(O)cc1. The molecular weight excluding hydrogens is 330 g/mol. The first-order valence-corrected chi connectivity index (χ1v) is 8.51. The number of aromatic hydroxyl groups is 1. The van der Waals surface area contributed by atoms with Gasteiger partial charge < -0.3 is 10.2 Å². The van der Waals surface area contributed by atoms with Crippen LogP contribution in [-0.4, -0.2) is 21.9 Å². The number of aryl methyl sites for hydroxylation is 2. The molecule has 0 aromatic heterocycles. The molecule has 5 nitrogen and oxygen atoms in total. The van der Waals surface area contributed by atoms with Crippen molar-refractivity contribution in [1.29, 1.82) is 0 Å². The number of nitrogens with zero attached hydrogens (tertiary/aromatic N) is 1.